The van der Waals surface area contributed by atoms with Crippen molar-refractivity contribution in [3.8, 4) is 29.1 Å². The lowest BCUT2D eigenvalue weighted by Crippen LogP contribution is -2.16. The number of benzene rings is 8. The number of hydrogen-bond acceptors (Lipinski definition) is 2. The van der Waals surface area contributed by atoms with Gasteiger partial charge in [-0.05, 0) is 97.1 Å². The Kier molecular flexibility index (Phi) is 9.73. The lowest BCUT2D eigenvalue weighted by molar-refractivity contribution is -0.138. The minimum Gasteiger partial charge on any atom is -0.305 e. The fourth-order valence-electron chi connectivity index (χ4n) is 10.9. The number of alkyl halides is 12. The molecule has 374 valence electrons. The SMILES string of the molecule is N#Cc1c(-n2c3ccccc3c3ccccc32)c(-n2c3ccc(C(F)(F)F)cc3c3cc(C(F)(F)F)ccc32)nc(-n2c3ccccc3c3ccccc32)c1-n1c2ccc(C(F)(F)F)cc2c2cc(C(F)(F)F)ccc21. The van der Waals surface area contributed by atoms with E-state index in [1.807, 2.05) is 24.3 Å². The summed E-state index contributed by atoms with van der Waals surface area (Å²) in [4.78, 5) is 5.49. The van der Waals surface area contributed by atoms with Crippen LogP contribution in [0.1, 0.15) is 27.8 Å². The van der Waals surface area contributed by atoms with Gasteiger partial charge in [-0.1, -0.05) is 72.8 Å². The van der Waals surface area contributed by atoms with Gasteiger partial charge >= 0.3 is 24.7 Å². The first kappa shape index (κ1) is 46.5. The standard InChI is InChI=1S/C58H28F12N6/c59-55(60,61)30-17-21-47-38(25-30)39-26-31(56(62,63)64)18-22-48(39)74(47)52-42(29-71)51(73-43-13-5-1-9-34(43)35-10-2-6-14-44(35)73)54(72-53(52)75-45-15-7-3-11-36(45)37-12-4-8-16-46(37)75)76-49-23-19-32(57(65,66)67)27-40(49)41-28-33(58(68,69)70)20-24-50(41)76/h1-28H. The van der Waals surface area contributed by atoms with Crippen molar-refractivity contribution in [2.45, 2.75) is 24.7 Å². The molecule has 0 aliphatic carbocycles. The van der Waals surface area contributed by atoms with E-state index >= 15 is 0 Å². The first-order chi connectivity index (χ1) is 36.2. The van der Waals surface area contributed by atoms with Gasteiger partial charge < -0.3 is 9.13 Å². The molecule has 6 nitrogen and oxygen atoms in total. The van der Waals surface area contributed by atoms with E-state index in [0.717, 1.165) is 72.8 Å². The molecule has 18 heteroatoms. The van der Waals surface area contributed by atoms with E-state index in [9.17, 15) is 57.9 Å². The van der Waals surface area contributed by atoms with E-state index in [0.29, 0.717) is 43.6 Å². The third kappa shape index (κ3) is 6.80. The van der Waals surface area contributed by atoms with Gasteiger partial charge in [0.05, 0.1) is 66.4 Å². The summed E-state index contributed by atoms with van der Waals surface area (Å²) in [5.41, 5.74) is -3.64. The Bertz CT molecular complexity index is 4420. The van der Waals surface area contributed by atoms with E-state index in [1.54, 1.807) is 81.9 Å². The van der Waals surface area contributed by atoms with Gasteiger partial charge in [-0.3, -0.25) is 9.13 Å². The molecule has 13 aromatic rings. The molecule has 8 aromatic carbocycles. The normalized spacial score (nSPS) is 13.0. The molecule has 0 radical (unpaired) electrons. The van der Waals surface area contributed by atoms with Crippen LogP contribution >= 0.6 is 0 Å². The maximum atomic E-state index is 14.6. The molecule has 0 fully saturated rings. The van der Waals surface area contributed by atoms with E-state index in [4.69, 9.17) is 4.98 Å². The molecule has 0 unspecified atom stereocenters. The largest absolute Gasteiger partial charge is 0.416 e. The number of aromatic nitrogens is 5. The summed E-state index contributed by atoms with van der Waals surface area (Å²) in [6.07, 6.45) is -19.8. The molecule has 5 aromatic heterocycles. The molecule has 0 saturated carbocycles. The van der Waals surface area contributed by atoms with Crippen molar-refractivity contribution in [2.24, 2.45) is 0 Å². The van der Waals surface area contributed by atoms with Crippen LogP contribution in [-0.2, 0) is 24.7 Å². The Hall–Kier alpha value is -9.24. The highest BCUT2D eigenvalue weighted by Crippen LogP contribution is 2.48. The van der Waals surface area contributed by atoms with Crippen LogP contribution in [0.3, 0.4) is 0 Å². The number of para-hydroxylation sites is 4. The average Bonchev–Trinajstić information content (AvgIpc) is 4.29. The molecule has 76 heavy (non-hydrogen) atoms. The molecular weight excluding hydrogens is 1010 g/mol. The molecule has 13 rings (SSSR count). The molecule has 0 bridgehead atoms. The second-order valence-corrected chi connectivity index (χ2v) is 18.3. The monoisotopic (exact) mass is 1040 g/mol. The van der Waals surface area contributed by atoms with Crippen molar-refractivity contribution in [1.29, 1.82) is 5.26 Å². The van der Waals surface area contributed by atoms with E-state index in [2.05, 4.69) is 6.07 Å². The van der Waals surface area contributed by atoms with Gasteiger partial charge in [0.15, 0.2) is 11.6 Å². The van der Waals surface area contributed by atoms with Gasteiger partial charge in [-0.2, -0.15) is 57.9 Å². The molecule has 0 spiro atoms. The van der Waals surface area contributed by atoms with E-state index in [1.165, 1.54) is 9.13 Å². The molecule has 0 N–H and O–H groups in total. The molecule has 0 atom stereocenters. The number of nitrogens with zero attached hydrogens (tertiary/aromatic N) is 6. The second kappa shape index (κ2) is 15.9. The third-order valence-electron chi connectivity index (χ3n) is 14.1. The summed E-state index contributed by atoms with van der Waals surface area (Å²) in [5.74, 6) is -0.330. The summed E-state index contributed by atoms with van der Waals surface area (Å²) in [6, 6.07) is 40.9. The summed E-state index contributed by atoms with van der Waals surface area (Å²) in [7, 11) is 0. The van der Waals surface area contributed by atoms with Gasteiger partial charge in [-0.15, -0.1) is 0 Å². The van der Waals surface area contributed by atoms with Gasteiger partial charge in [0.25, 0.3) is 0 Å². The summed E-state index contributed by atoms with van der Waals surface area (Å²) in [6.45, 7) is 0. The lowest BCUT2D eigenvalue weighted by atomic mass is 10.1. The Balaban J connectivity index is 1.32. The highest BCUT2D eigenvalue weighted by atomic mass is 19.4. The van der Waals surface area contributed by atoms with Crippen molar-refractivity contribution in [3.63, 3.8) is 0 Å². The average molecular weight is 1040 g/mol. The van der Waals surface area contributed by atoms with E-state index in [-0.39, 0.29) is 72.2 Å². The first-order valence-corrected chi connectivity index (χ1v) is 23.1. The van der Waals surface area contributed by atoms with Crippen LogP contribution in [0.2, 0.25) is 0 Å². The summed E-state index contributed by atoms with van der Waals surface area (Å²) < 4.78 is 182. The zero-order valence-corrected chi connectivity index (χ0v) is 38.4. The predicted octanol–water partition coefficient (Wildman–Crippen LogP) is 17.4. The van der Waals surface area contributed by atoms with Crippen molar-refractivity contribution in [3.05, 3.63) is 198 Å². The fourth-order valence-corrected chi connectivity index (χ4v) is 10.9. The Labute approximate surface area is 418 Å². The zero-order chi connectivity index (χ0) is 53.0. The van der Waals surface area contributed by atoms with Gasteiger partial charge in [0.2, 0.25) is 0 Å². The van der Waals surface area contributed by atoms with Crippen LogP contribution in [0, 0.1) is 11.3 Å². The Morgan fingerprint density at radius 1 is 0.303 bits per heavy atom. The van der Waals surface area contributed by atoms with Crippen LogP contribution < -0.4 is 0 Å². The van der Waals surface area contributed by atoms with Crippen LogP contribution in [0.4, 0.5) is 52.7 Å². The van der Waals surface area contributed by atoms with Crippen molar-refractivity contribution < 1.29 is 52.7 Å². The molecule has 0 saturated heterocycles. The zero-order valence-electron chi connectivity index (χ0n) is 38.4. The molecule has 0 aliphatic rings. The molecule has 0 aliphatic heterocycles. The number of nitriles is 1. The molecule has 0 amide bonds. The first-order valence-electron chi connectivity index (χ1n) is 23.1. The Morgan fingerprint density at radius 2 is 0.539 bits per heavy atom. The van der Waals surface area contributed by atoms with Crippen LogP contribution in [0.25, 0.3) is 110 Å². The number of fused-ring (bicyclic) bond motifs is 12. The van der Waals surface area contributed by atoms with Gasteiger partial charge in [-0.25, -0.2) is 4.98 Å². The number of rotatable bonds is 4. The second-order valence-electron chi connectivity index (χ2n) is 18.3. The maximum absolute atomic E-state index is 14.6. The molecule has 5 heterocycles. The lowest BCUT2D eigenvalue weighted by Gasteiger charge is -2.24. The minimum atomic E-state index is -4.95. The van der Waals surface area contributed by atoms with Crippen LogP contribution in [0.15, 0.2) is 170 Å². The van der Waals surface area contributed by atoms with Crippen LogP contribution in [0.5, 0.6) is 0 Å². The number of hydrogen-bond donors (Lipinski definition) is 0. The third-order valence-corrected chi connectivity index (χ3v) is 14.1. The summed E-state index contributed by atoms with van der Waals surface area (Å²) in [5, 5.41) is 13.7. The molecular formula is C58H28F12N6. The minimum absolute atomic E-state index is 0.0575. The van der Waals surface area contributed by atoms with Gasteiger partial charge in [0.1, 0.15) is 23.0 Å². The summed E-state index contributed by atoms with van der Waals surface area (Å²) >= 11 is 0. The topological polar surface area (TPSA) is 56.4 Å². The number of pyridine rings is 1. The fraction of sp³-hybridized carbons (Fsp3) is 0.0690. The quantitative estimate of drug-likeness (QED) is 0.165. The van der Waals surface area contributed by atoms with Gasteiger partial charge in [0, 0.05) is 43.1 Å². The Morgan fingerprint density at radius 3 is 0.803 bits per heavy atom. The van der Waals surface area contributed by atoms with E-state index < -0.39 is 47.0 Å². The van der Waals surface area contributed by atoms with Crippen molar-refractivity contribution in [2.75, 3.05) is 0 Å². The highest BCUT2D eigenvalue weighted by Gasteiger charge is 2.38. The maximum Gasteiger partial charge on any atom is 0.416 e. The van der Waals surface area contributed by atoms with Crippen molar-refractivity contribution in [1.82, 2.24) is 23.3 Å². The van der Waals surface area contributed by atoms with Crippen molar-refractivity contribution >= 4 is 87.2 Å². The highest BCUT2D eigenvalue weighted by molar-refractivity contribution is 6.15. The smallest absolute Gasteiger partial charge is 0.305 e. The van der Waals surface area contributed by atoms with Crippen LogP contribution in [-0.4, -0.2) is 23.3 Å². The number of halogens is 12. The predicted molar refractivity (Wildman–Crippen MR) is 266 cm³/mol.